The van der Waals surface area contributed by atoms with E-state index in [1.807, 2.05) is 32.0 Å². The van der Waals surface area contributed by atoms with E-state index in [0.717, 1.165) is 25.7 Å². The van der Waals surface area contributed by atoms with Crippen molar-refractivity contribution in [2.24, 2.45) is 23.2 Å². The molecule has 2 aliphatic carbocycles. The van der Waals surface area contributed by atoms with Gasteiger partial charge in [0.05, 0.1) is 12.0 Å². The molecule has 2 amide bonds. The summed E-state index contributed by atoms with van der Waals surface area (Å²) in [5, 5.41) is 6.02. The van der Waals surface area contributed by atoms with E-state index in [-0.39, 0.29) is 30.1 Å². The first kappa shape index (κ1) is 24.3. The third-order valence-electron chi connectivity index (χ3n) is 7.19. The lowest BCUT2D eigenvalue weighted by atomic mass is 9.68. The highest BCUT2D eigenvalue weighted by atomic mass is 16.5. The van der Waals surface area contributed by atoms with Crippen LogP contribution in [0.3, 0.4) is 0 Å². The number of amides is 2. The van der Waals surface area contributed by atoms with Crippen molar-refractivity contribution >= 4 is 17.8 Å². The molecule has 2 bridgehead atoms. The summed E-state index contributed by atoms with van der Waals surface area (Å²) in [5.74, 6) is 0.548. The van der Waals surface area contributed by atoms with Crippen LogP contribution in [0.15, 0.2) is 30.3 Å². The predicted molar refractivity (Wildman–Crippen MR) is 124 cm³/mol. The molecule has 6 heteroatoms. The van der Waals surface area contributed by atoms with Crippen molar-refractivity contribution in [2.45, 2.75) is 71.8 Å². The molecule has 0 spiro atoms. The standard InChI is InChI=1S/C26H38N2O4/c1-4-32-22(29)11-8-14-27-24(30)23(18(2)3)28-25(31)26(16-19-9-6-5-7-10-19)17-20-12-13-21(26)15-20/h5-7,9-10,18,20-21,23H,4,8,11-17H2,1-3H3,(H,27,30)(H,28,31). The van der Waals surface area contributed by atoms with E-state index >= 15 is 0 Å². The number of fused-ring (bicyclic) bond motifs is 2. The molecule has 3 rings (SSSR count). The molecule has 0 aliphatic heterocycles. The van der Waals surface area contributed by atoms with Crippen LogP contribution < -0.4 is 10.6 Å². The third-order valence-corrected chi connectivity index (χ3v) is 7.19. The van der Waals surface area contributed by atoms with Gasteiger partial charge in [0.1, 0.15) is 6.04 Å². The summed E-state index contributed by atoms with van der Waals surface area (Å²) in [6.45, 7) is 6.42. The van der Waals surface area contributed by atoms with Crippen LogP contribution >= 0.6 is 0 Å². The highest BCUT2D eigenvalue weighted by Crippen LogP contribution is 2.57. The molecule has 1 aromatic rings. The lowest BCUT2D eigenvalue weighted by Crippen LogP contribution is -2.55. The van der Waals surface area contributed by atoms with E-state index in [4.69, 9.17) is 4.74 Å². The Morgan fingerprint density at radius 2 is 1.91 bits per heavy atom. The molecule has 32 heavy (non-hydrogen) atoms. The summed E-state index contributed by atoms with van der Waals surface area (Å²) in [7, 11) is 0. The quantitative estimate of drug-likeness (QED) is 0.405. The lowest BCUT2D eigenvalue weighted by Gasteiger charge is -2.38. The molecule has 2 aliphatic rings. The minimum Gasteiger partial charge on any atom is -0.466 e. The van der Waals surface area contributed by atoms with E-state index in [9.17, 15) is 14.4 Å². The van der Waals surface area contributed by atoms with Crippen LogP contribution in [-0.2, 0) is 25.5 Å². The van der Waals surface area contributed by atoms with Crippen molar-refractivity contribution in [3.05, 3.63) is 35.9 Å². The number of rotatable bonds is 11. The summed E-state index contributed by atoms with van der Waals surface area (Å²) in [6, 6.07) is 9.65. The summed E-state index contributed by atoms with van der Waals surface area (Å²) in [6.07, 6.45) is 5.85. The van der Waals surface area contributed by atoms with E-state index in [2.05, 4.69) is 22.8 Å². The van der Waals surface area contributed by atoms with Crippen molar-refractivity contribution in [2.75, 3.05) is 13.2 Å². The van der Waals surface area contributed by atoms with Crippen LogP contribution in [-0.4, -0.2) is 37.0 Å². The Kier molecular flexibility index (Phi) is 8.32. The number of carbonyl (C=O) groups excluding carboxylic acids is 3. The van der Waals surface area contributed by atoms with Crippen LogP contribution in [0.2, 0.25) is 0 Å². The number of hydrogen-bond acceptors (Lipinski definition) is 4. The number of benzene rings is 1. The van der Waals surface area contributed by atoms with Crippen LogP contribution in [0.5, 0.6) is 0 Å². The van der Waals surface area contributed by atoms with Gasteiger partial charge in [-0.3, -0.25) is 14.4 Å². The smallest absolute Gasteiger partial charge is 0.305 e. The molecule has 0 heterocycles. The molecule has 0 aromatic heterocycles. The number of ether oxygens (including phenoxy) is 1. The van der Waals surface area contributed by atoms with Crippen LogP contribution in [0.4, 0.5) is 0 Å². The van der Waals surface area contributed by atoms with E-state index in [1.165, 1.54) is 12.0 Å². The van der Waals surface area contributed by atoms with Crippen LogP contribution in [0, 0.1) is 23.2 Å². The molecule has 4 atom stereocenters. The second-order valence-electron chi connectivity index (χ2n) is 9.79. The topological polar surface area (TPSA) is 84.5 Å². The number of esters is 1. The van der Waals surface area contributed by atoms with Gasteiger partial charge in [0, 0.05) is 13.0 Å². The third kappa shape index (κ3) is 5.70. The molecule has 2 saturated carbocycles. The van der Waals surface area contributed by atoms with Crippen molar-refractivity contribution in [1.29, 1.82) is 0 Å². The first-order chi connectivity index (χ1) is 15.4. The fourth-order valence-corrected chi connectivity index (χ4v) is 5.59. The summed E-state index contributed by atoms with van der Waals surface area (Å²) in [4.78, 5) is 38.1. The second-order valence-corrected chi connectivity index (χ2v) is 9.79. The van der Waals surface area contributed by atoms with Gasteiger partial charge in [0.2, 0.25) is 11.8 Å². The highest BCUT2D eigenvalue weighted by molar-refractivity contribution is 5.91. The Morgan fingerprint density at radius 1 is 1.16 bits per heavy atom. The summed E-state index contributed by atoms with van der Waals surface area (Å²) >= 11 is 0. The fraction of sp³-hybridized carbons (Fsp3) is 0.654. The maximum atomic E-state index is 13.7. The van der Waals surface area contributed by atoms with Gasteiger partial charge in [-0.25, -0.2) is 0 Å². The molecular weight excluding hydrogens is 404 g/mol. The Balaban J connectivity index is 1.64. The van der Waals surface area contributed by atoms with Gasteiger partial charge in [-0.1, -0.05) is 50.6 Å². The summed E-state index contributed by atoms with van der Waals surface area (Å²) < 4.78 is 4.92. The van der Waals surface area contributed by atoms with Gasteiger partial charge in [-0.05, 0) is 62.3 Å². The zero-order valence-electron chi connectivity index (χ0n) is 19.7. The Bertz CT molecular complexity index is 794. The largest absolute Gasteiger partial charge is 0.466 e. The van der Waals surface area contributed by atoms with Gasteiger partial charge < -0.3 is 15.4 Å². The zero-order valence-corrected chi connectivity index (χ0v) is 19.7. The number of hydrogen-bond donors (Lipinski definition) is 2. The Labute approximate surface area is 191 Å². The predicted octanol–water partition coefficient (Wildman–Crippen LogP) is 3.64. The SMILES string of the molecule is CCOC(=O)CCCNC(=O)C(NC(=O)C1(Cc2ccccc2)CC2CCC1C2)C(C)C. The van der Waals surface area contributed by atoms with Crippen molar-refractivity contribution in [1.82, 2.24) is 10.6 Å². The molecule has 2 fully saturated rings. The molecule has 6 nitrogen and oxygen atoms in total. The average molecular weight is 443 g/mol. The minimum absolute atomic E-state index is 0.0222. The van der Waals surface area contributed by atoms with Crippen LogP contribution in [0.1, 0.15) is 64.9 Å². The normalized spacial score (nSPS) is 24.9. The lowest BCUT2D eigenvalue weighted by molar-refractivity contribution is -0.143. The average Bonchev–Trinajstić information content (AvgIpc) is 3.37. The molecule has 0 radical (unpaired) electrons. The van der Waals surface area contributed by atoms with E-state index in [1.54, 1.807) is 6.92 Å². The highest BCUT2D eigenvalue weighted by Gasteiger charge is 2.55. The Hall–Kier alpha value is -2.37. The molecule has 0 saturated heterocycles. The maximum Gasteiger partial charge on any atom is 0.305 e. The van der Waals surface area contributed by atoms with Crippen LogP contribution in [0.25, 0.3) is 0 Å². The summed E-state index contributed by atoms with van der Waals surface area (Å²) in [5.41, 5.74) is 0.751. The second kappa shape index (κ2) is 11.0. The number of nitrogens with one attached hydrogen (secondary N) is 2. The van der Waals surface area contributed by atoms with Crippen molar-refractivity contribution < 1.29 is 19.1 Å². The van der Waals surface area contributed by atoms with Crippen molar-refractivity contribution in [3.8, 4) is 0 Å². The maximum absolute atomic E-state index is 13.7. The monoisotopic (exact) mass is 442 g/mol. The minimum atomic E-state index is -0.586. The fourth-order valence-electron chi connectivity index (χ4n) is 5.59. The van der Waals surface area contributed by atoms with Gasteiger partial charge >= 0.3 is 5.97 Å². The first-order valence-corrected chi connectivity index (χ1v) is 12.1. The molecule has 4 unspecified atom stereocenters. The van der Waals surface area contributed by atoms with Gasteiger partial charge in [-0.2, -0.15) is 0 Å². The molecule has 176 valence electrons. The van der Waals surface area contributed by atoms with Gasteiger partial charge in [0.25, 0.3) is 0 Å². The zero-order chi connectivity index (χ0) is 23.1. The van der Waals surface area contributed by atoms with E-state index in [0.29, 0.717) is 31.4 Å². The number of carbonyl (C=O) groups is 3. The van der Waals surface area contributed by atoms with Gasteiger partial charge in [0.15, 0.2) is 0 Å². The van der Waals surface area contributed by atoms with Gasteiger partial charge in [-0.15, -0.1) is 0 Å². The molecular formula is C26H38N2O4. The van der Waals surface area contributed by atoms with E-state index < -0.39 is 11.5 Å². The molecule has 1 aromatic carbocycles. The molecule has 2 N–H and O–H groups in total. The van der Waals surface area contributed by atoms with Crippen molar-refractivity contribution in [3.63, 3.8) is 0 Å². The Morgan fingerprint density at radius 3 is 2.50 bits per heavy atom. The first-order valence-electron chi connectivity index (χ1n) is 12.1.